The Morgan fingerprint density at radius 1 is 1.39 bits per heavy atom. The zero-order valence-electron chi connectivity index (χ0n) is 11.0. The van der Waals surface area contributed by atoms with Crippen LogP contribution >= 0.6 is 11.3 Å². The molecule has 96 valence electrons. The van der Waals surface area contributed by atoms with Crippen molar-refractivity contribution in [3.8, 4) is 11.3 Å². The Kier molecular flexibility index (Phi) is 4.50. The van der Waals surface area contributed by atoms with Gasteiger partial charge in [0.25, 0.3) is 0 Å². The third-order valence-corrected chi connectivity index (χ3v) is 3.82. The Hall–Kier alpha value is -1.19. The number of thiazole rings is 1. The van der Waals surface area contributed by atoms with E-state index in [9.17, 15) is 0 Å². The van der Waals surface area contributed by atoms with E-state index in [4.69, 9.17) is 10.7 Å². The molecule has 2 rings (SSSR count). The van der Waals surface area contributed by atoms with Crippen LogP contribution in [0.5, 0.6) is 0 Å². The largest absolute Gasteiger partial charge is 0.328 e. The molecule has 0 fully saturated rings. The first-order chi connectivity index (χ1) is 8.65. The lowest BCUT2D eigenvalue weighted by Gasteiger charge is -2.02. The summed E-state index contributed by atoms with van der Waals surface area (Å²) in [5, 5.41) is 3.36. The number of aromatic nitrogens is 1. The van der Waals surface area contributed by atoms with E-state index in [0.29, 0.717) is 6.04 Å². The Bertz CT molecular complexity index is 503. The molecule has 0 spiro atoms. The van der Waals surface area contributed by atoms with E-state index in [1.54, 1.807) is 11.3 Å². The maximum atomic E-state index is 5.75. The lowest BCUT2D eigenvalue weighted by molar-refractivity contribution is 0.623. The van der Waals surface area contributed by atoms with Crippen molar-refractivity contribution in [3.05, 3.63) is 40.2 Å². The molecule has 1 aromatic heterocycles. The topological polar surface area (TPSA) is 38.9 Å². The van der Waals surface area contributed by atoms with Crippen LogP contribution in [0.4, 0.5) is 0 Å². The molecule has 0 bridgehead atoms. The summed E-state index contributed by atoms with van der Waals surface area (Å²) in [6, 6.07) is 8.79. The Balaban J connectivity index is 2.02. The van der Waals surface area contributed by atoms with Gasteiger partial charge in [0.2, 0.25) is 0 Å². The Morgan fingerprint density at radius 2 is 2.22 bits per heavy atom. The van der Waals surface area contributed by atoms with Gasteiger partial charge in [-0.1, -0.05) is 23.8 Å². The van der Waals surface area contributed by atoms with Crippen LogP contribution in [0.2, 0.25) is 0 Å². The van der Waals surface area contributed by atoms with Gasteiger partial charge in [-0.2, -0.15) is 0 Å². The third-order valence-electron chi connectivity index (χ3n) is 2.92. The third kappa shape index (κ3) is 3.65. The minimum absolute atomic E-state index is 0.293. The maximum absolute atomic E-state index is 5.75. The van der Waals surface area contributed by atoms with Gasteiger partial charge in [-0.3, -0.25) is 0 Å². The highest BCUT2D eigenvalue weighted by Gasteiger charge is 2.05. The van der Waals surface area contributed by atoms with Crippen molar-refractivity contribution in [2.75, 3.05) is 0 Å². The summed E-state index contributed by atoms with van der Waals surface area (Å²) < 4.78 is 0. The molecule has 18 heavy (non-hydrogen) atoms. The summed E-state index contributed by atoms with van der Waals surface area (Å²) in [6.07, 6.45) is 3.23. The number of benzene rings is 1. The molecule has 0 aliphatic carbocycles. The Morgan fingerprint density at radius 3 is 2.94 bits per heavy atom. The van der Waals surface area contributed by atoms with Crippen LogP contribution < -0.4 is 5.73 Å². The zero-order valence-corrected chi connectivity index (χ0v) is 11.8. The van der Waals surface area contributed by atoms with E-state index >= 15 is 0 Å². The van der Waals surface area contributed by atoms with Crippen LogP contribution in [0.3, 0.4) is 0 Å². The van der Waals surface area contributed by atoms with Crippen molar-refractivity contribution in [1.82, 2.24) is 4.98 Å². The summed E-state index contributed by atoms with van der Waals surface area (Å²) >= 11 is 1.75. The first-order valence-electron chi connectivity index (χ1n) is 6.42. The average Bonchev–Trinajstić information content (AvgIpc) is 2.77. The molecule has 0 radical (unpaired) electrons. The van der Waals surface area contributed by atoms with Crippen LogP contribution in [0, 0.1) is 6.92 Å². The van der Waals surface area contributed by atoms with Crippen molar-refractivity contribution < 1.29 is 0 Å². The number of rotatable bonds is 5. The molecule has 0 aliphatic rings. The molecule has 1 heterocycles. The van der Waals surface area contributed by atoms with Crippen LogP contribution in [0.25, 0.3) is 11.3 Å². The fraction of sp³-hybridized carbons (Fsp3) is 0.400. The van der Waals surface area contributed by atoms with Gasteiger partial charge >= 0.3 is 0 Å². The predicted octanol–water partition coefficient (Wildman–Crippen LogP) is 3.79. The van der Waals surface area contributed by atoms with Crippen molar-refractivity contribution in [2.45, 2.75) is 39.2 Å². The molecular weight excluding hydrogens is 240 g/mol. The maximum Gasteiger partial charge on any atom is 0.0932 e. The fourth-order valence-corrected chi connectivity index (χ4v) is 2.79. The highest BCUT2D eigenvalue weighted by molar-refractivity contribution is 7.09. The lowest BCUT2D eigenvalue weighted by Crippen LogP contribution is -2.14. The molecule has 0 aliphatic heterocycles. The van der Waals surface area contributed by atoms with Crippen LogP contribution in [0.1, 0.15) is 30.3 Å². The second-order valence-electron chi connectivity index (χ2n) is 4.87. The summed E-state index contributed by atoms with van der Waals surface area (Å²) in [5.41, 5.74) is 9.34. The summed E-state index contributed by atoms with van der Waals surface area (Å²) in [6.45, 7) is 4.17. The first kappa shape index (κ1) is 13.2. The van der Waals surface area contributed by atoms with Crippen LogP contribution in [-0.4, -0.2) is 11.0 Å². The molecule has 0 amide bonds. The molecule has 2 aromatic rings. The minimum atomic E-state index is 0.293. The fourth-order valence-electron chi connectivity index (χ4n) is 1.94. The first-order valence-corrected chi connectivity index (χ1v) is 7.30. The molecular formula is C15H20N2S. The molecule has 1 atom stereocenters. The van der Waals surface area contributed by atoms with Gasteiger partial charge in [0.15, 0.2) is 0 Å². The van der Waals surface area contributed by atoms with E-state index in [0.717, 1.165) is 25.0 Å². The monoisotopic (exact) mass is 260 g/mol. The molecule has 0 saturated heterocycles. The minimum Gasteiger partial charge on any atom is -0.328 e. The van der Waals surface area contributed by atoms with Crippen LogP contribution in [-0.2, 0) is 6.42 Å². The summed E-state index contributed by atoms with van der Waals surface area (Å²) in [4.78, 5) is 4.70. The van der Waals surface area contributed by atoms with E-state index < -0.39 is 0 Å². The molecule has 1 unspecified atom stereocenters. The van der Waals surface area contributed by atoms with Crippen molar-refractivity contribution in [1.29, 1.82) is 0 Å². The van der Waals surface area contributed by atoms with Gasteiger partial charge < -0.3 is 5.73 Å². The SMILES string of the molecule is Cc1cccc(-c2csc(CCCC(C)N)n2)c1. The molecule has 2 N–H and O–H groups in total. The molecule has 3 heteroatoms. The molecule has 0 saturated carbocycles. The number of aryl methyl sites for hydroxylation is 2. The summed E-state index contributed by atoms with van der Waals surface area (Å²) in [7, 11) is 0. The Labute approximate surface area is 113 Å². The second kappa shape index (κ2) is 6.12. The smallest absolute Gasteiger partial charge is 0.0932 e. The molecule has 2 nitrogen and oxygen atoms in total. The highest BCUT2D eigenvalue weighted by Crippen LogP contribution is 2.23. The normalized spacial score (nSPS) is 12.6. The van der Waals surface area contributed by atoms with E-state index in [1.807, 2.05) is 0 Å². The number of hydrogen-bond acceptors (Lipinski definition) is 3. The zero-order chi connectivity index (χ0) is 13.0. The van der Waals surface area contributed by atoms with E-state index in [1.165, 1.54) is 16.1 Å². The predicted molar refractivity (Wildman–Crippen MR) is 78.9 cm³/mol. The highest BCUT2D eigenvalue weighted by atomic mass is 32.1. The number of nitrogens with zero attached hydrogens (tertiary/aromatic N) is 1. The van der Waals surface area contributed by atoms with E-state index in [2.05, 4.69) is 43.5 Å². The van der Waals surface area contributed by atoms with Gasteiger partial charge in [-0.15, -0.1) is 11.3 Å². The number of nitrogens with two attached hydrogens (primary N) is 1. The van der Waals surface area contributed by atoms with Gasteiger partial charge in [0.1, 0.15) is 0 Å². The van der Waals surface area contributed by atoms with E-state index in [-0.39, 0.29) is 0 Å². The standard InChI is InChI=1S/C15H20N2S/c1-11-5-3-7-13(9-11)14-10-18-15(17-14)8-4-6-12(2)16/h3,5,7,9-10,12H,4,6,8,16H2,1-2H3. The van der Waals surface area contributed by atoms with Crippen molar-refractivity contribution in [3.63, 3.8) is 0 Å². The average molecular weight is 260 g/mol. The summed E-state index contributed by atoms with van der Waals surface area (Å²) in [5.74, 6) is 0. The van der Waals surface area contributed by atoms with Gasteiger partial charge in [-0.25, -0.2) is 4.98 Å². The van der Waals surface area contributed by atoms with Crippen LogP contribution in [0.15, 0.2) is 29.6 Å². The quantitative estimate of drug-likeness (QED) is 0.888. The second-order valence-corrected chi connectivity index (χ2v) is 5.81. The lowest BCUT2D eigenvalue weighted by atomic mass is 10.1. The van der Waals surface area contributed by atoms with Gasteiger partial charge in [-0.05, 0) is 39.2 Å². The number of hydrogen-bond donors (Lipinski definition) is 1. The van der Waals surface area contributed by atoms with Gasteiger partial charge in [0.05, 0.1) is 10.7 Å². The van der Waals surface area contributed by atoms with Crippen molar-refractivity contribution in [2.24, 2.45) is 5.73 Å². The molecule has 1 aromatic carbocycles. The van der Waals surface area contributed by atoms with Gasteiger partial charge in [0, 0.05) is 17.0 Å². The van der Waals surface area contributed by atoms with Crippen molar-refractivity contribution >= 4 is 11.3 Å².